The van der Waals surface area contributed by atoms with Gasteiger partial charge in [-0.2, -0.15) is 0 Å². The highest BCUT2D eigenvalue weighted by atomic mass is 19.1. The maximum atomic E-state index is 14.0. The highest BCUT2D eigenvalue weighted by Gasteiger charge is 2.37. The molecule has 0 spiro atoms. The van der Waals surface area contributed by atoms with Crippen molar-refractivity contribution in [2.24, 2.45) is 0 Å². The van der Waals surface area contributed by atoms with E-state index in [4.69, 9.17) is 9.47 Å². The van der Waals surface area contributed by atoms with Crippen LogP contribution in [0.25, 0.3) is 10.9 Å². The third kappa shape index (κ3) is 4.21. The molecule has 1 amide bonds. The second-order valence-corrected chi connectivity index (χ2v) is 7.62. The fourth-order valence-corrected chi connectivity index (χ4v) is 3.90. The Morgan fingerprint density at radius 1 is 1.43 bits per heavy atom. The lowest BCUT2D eigenvalue weighted by atomic mass is 10.1. The van der Waals surface area contributed by atoms with Crippen molar-refractivity contribution in [2.45, 2.75) is 44.5 Å². The number of benzene rings is 1. The lowest BCUT2D eigenvalue weighted by molar-refractivity contribution is -0.146. The van der Waals surface area contributed by atoms with Crippen molar-refractivity contribution >= 4 is 16.8 Å². The molecule has 6 nitrogen and oxygen atoms in total. The number of fused-ring (bicyclic) bond motifs is 1. The van der Waals surface area contributed by atoms with Crippen LogP contribution in [0.4, 0.5) is 4.39 Å². The summed E-state index contributed by atoms with van der Waals surface area (Å²) in [6.07, 6.45) is 4.55. The van der Waals surface area contributed by atoms with Gasteiger partial charge in [0.1, 0.15) is 11.9 Å². The number of morpholine rings is 1. The summed E-state index contributed by atoms with van der Waals surface area (Å²) in [5.74, 6) is -0.223. The van der Waals surface area contributed by atoms with Gasteiger partial charge >= 0.3 is 0 Å². The Hall–Kier alpha value is -1.96. The van der Waals surface area contributed by atoms with Gasteiger partial charge in [-0.15, -0.1) is 0 Å². The van der Waals surface area contributed by atoms with Crippen LogP contribution in [0, 0.1) is 5.82 Å². The van der Waals surface area contributed by atoms with Gasteiger partial charge in [0, 0.05) is 63.0 Å². The summed E-state index contributed by atoms with van der Waals surface area (Å²) >= 11 is 0. The molecular formula is C21H28FN3O3. The van der Waals surface area contributed by atoms with Gasteiger partial charge in [-0.3, -0.25) is 4.79 Å². The molecule has 1 saturated carbocycles. The molecule has 1 atom stereocenters. The number of rotatable bonds is 8. The highest BCUT2D eigenvalue weighted by molar-refractivity contribution is 5.86. The van der Waals surface area contributed by atoms with Crippen LogP contribution in [-0.2, 0) is 27.4 Å². The van der Waals surface area contributed by atoms with Crippen LogP contribution < -0.4 is 5.32 Å². The highest BCUT2D eigenvalue weighted by Crippen LogP contribution is 2.32. The Balaban J connectivity index is 1.59. The number of halogens is 1. The summed E-state index contributed by atoms with van der Waals surface area (Å²) in [5.41, 5.74) is 1.97. The first-order valence-corrected chi connectivity index (χ1v) is 10.1. The molecule has 2 heterocycles. The second-order valence-electron chi connectivity index (χ2n) is 7.62. The van der Waals surface area contributed by atoms with E-state index in [2.05, 4.69) is 16.1 Å². The summed E-state index contributed by atoms with van der Waals surface area (Å²) < 4.78 is 26.9. The van der Waals surface area contributed by atoms with Crippen molar-refractivity contribution < 1.29 is 18.7 Å². The number of nitrogens with zero attached hydrogens (tertiary/aromatic N) is 2. The predicted octanol–water partition coefficient (Wildman–Crippen LogP) is 2.30. The zero-order valence-electron chi connectivity index (χ0n) is 16.3. The molecule has 0 bridgehead atoms. The van der Waals surface area contributed by atoms with Gasteiger partial charge in [-0.25, -0.2) is 4.39 Å². The molecule has 4 rings (SSSR count). The van der Waals surface area contributed by atoms with Gasteiger partial charge in [0.25, 0.3) is 5.91 Å². The Labute approximate surface area is 164 Å². The molecule has 1 aromatic heterocycles. The van der Waals surface area contributed by atoms with Crippen LogP contribution >= 0.6 is 0 Å². The molecule has 2 fully saturated rings. The quantitative estimate of drug-likeness (QED) is 0.704. The molecule has 0 radical (unpaired) electrons. The molecular weight excluding hydrogens is 361 g/mol. The lowest BCUT2D eigenvalue weighted by Gasteiger charge is -2.30. The van der Waals surface area contributed by atoms with E-state index in [-0.39, 0.29) is 17.8 Å². The number of ether oxygens (including phenoxy) is 2. The minimum atomic E-state index is -0.430. The third-order valence-corrected chi connectivity index (χ3v) is 5.49. The van der Waals surface area contributed by atoms with Gasteiger partial charge in [0.15, 0.2) is 0 Å². The number of amides is 1. The Kier molecular flexibility index (Phi) is 5.94. The Morgan fingerprint density at radius 3 is 3.00 bits per heavy atom. The summed E-state index contributed by atoms with van der Waals surface area (Å²) in [4.78, 5) is 15.0. The molecule has 1 aromatic carbocycles. The first-order valence-electron chi connectivity index (χ1n) is 10.1. The summed E-state index contributed by atoms with van der Waals surface area (Å²) in [7, 11) is 1.69. The average molecular weight is 389 g/mol. The number of hydrogen-bond donors (Lipinski definition) is 1. The van der Waals surface area contributed by atoms with E-state index in [9.17, 15) is 9.18 Å². The smallest absolute Gasteiger partial charge is 0.253 e. The summed E-state index contributed by atoms with van der Waals surface area (Å²) in [6.45, 7) is 3.84. The van der Waals surface area contributed by atoms with Gasteiger partial charge in [0.2, 0.25) is 0 Å². The van der Waals surface area contributed by atoms with Crippen molar-refractivity contribution in [3.05, 3.63) is 35.8 Å². The molecule has 1 N–H and O–H groups in total. The fourth-order valence-electron chi connectivity index (χ4n) is 3.90. The first kappa shape index (κ1) is 19.4. The van der Waals surface area contributed by atoms with E-state index in [1.807, 2.05) is 11.0 Å². The fraction of sp³-hybridized carbons (Fsp3) is 0.571. The molecule has 0 unspecified atom stereocenters. The van der Waals surface area contributed by atoms with Gasteiger partial charge in [-0.1, -0.05) is 0 Å². The SMILES string of the molecule is COCCCn1cc(CN(C(=O)[C@H]2CNCCO2)C2CC2)c2cc(F)ccc21. The van der Waals surface area contributed by atoms with Crippen LogP contribution in [-0.4, -0.2) is 60.9 Å². The average Bonchev–Trinajstić information content (AvgIpc) is 3.50. The molecule has 2 aliphatic rings. The van der Waals surface area contributed by atoms with Gasteiger partial charge < -0.3 is 24.3 Å². The zero-order chi connectivity index (χ0) is 19.5. The second kappa shape index (κ2) is 8.59. The van der Waals surface area contributed by atoms with Crippen molar-refractivity contribution in [2.75, 3.05) is 33.4 Å². The maximum absolute atomic E-state index is 14.0. The van der Waals surface area contributed by atoms with Crippen LogP contribution in [0.2, 0.25) is 0 Å². The van der Waals surface area contributed by atoms with Crippen molar-refractivity contribution in [1.82, 2.24) is 14.8 Å². The Bertz CT molecular complexity index is 828. The van der Waals surface area contributed by atoms with E-state index in [0.717, 1.165) is 48.8 Å². The standard InChI is InChI=1S/C21H28FN3O3/c1-27-9-2-8-24-13-15(18-11-16(22)3-6-19(18)24)14-25(17-4-5-17)21(26)20-12-23-7-10-28-20/h3,6,11,13,17,20,23H,2,4-5,7-10,12,14H2,1H3/t20-/m1/s1. The zero-order valence-corrected chi connectivity index (χ0v) is 16.3. The van der Waals surface area contributed by atoms with E-state index < -0.39 is 6.10 Å². The van der Waals surface area contributed by atoms with E-state index in [0.29, 0.717) is 26.3 Å². The number of carbonyl (C=O) groups excluding carboxylic acids is 1. The van der Waals surface area contributed by atoms with E-state index >= 15 is 0 Å². The van der Waals surface area contributed by atoms with Crippen LogP contribution in [0.1, 0.15) is 24.8 Å². The lowest BCUT2D eigenvalue weighted by Crippen LogP contribution is -2.49. The maximum Gasteiger partial charge on any atom is 0.253 e. The minimum absolute atomic E-state index is 0.0337. The van der Waals surface area contributed by atoms with Gasteiger partial charge in [0.05, 0.1) is 6.61 Å². The third-order valence-electron chi connectivity index (χ3n) is 5.49. The first-order chi connectivity index (χ1) is 13.7. The van der Waals surface area contributed by atoms with Crippen LogP contribution in [0.5, 0.6) is 0 Å². The summed E-state index contributed by atoms with van der Waals surface area (Å²) in [6, 6.07) is 5.15. The molecule has 7 heteroatoms. The van der Waals surface area contributed by atoms with Crippen LogP contribution in [0.3, 0.4) is 0 Å². The molecule has 1 saturated heterocycles. The monoisotopic (exact) mass is 389 g/mol. The number of nitrogens with one attached hydrogen (secondary N) is 1. The van der Waals surface area contributed by atoms with Crippen molar-refractivity contribution in [3.63, 3.8) is 0 Å². The largest absolute Gasteiger partial charge is 0.385 e. The number of carbonyl (C=O) groups is 1. The molecule has 152 valence electrons. The molecule has 1 aliphatic carbocycles. The van der Waals surface area contributed by atoms with E-state index in [1.54, 1.807) is 13.2 Å². The van der Waals surface area contributed by atoms with Crippen molar-refractivity contribution in [1.29, 1.82) is 0 Å². The van der Waals surface area contributed by atoms with Crippen molar-refractivity contribution in [3.8, 4) is 0 Å². The molecule has 28 heavy (non-hydrogen) atoms. The summed E-state index contributed by atoms with van der Waals surface area (Å²) in [5, 5.41) is 4.10. The number of aryl methyl sites for hydroxylation is 1. The van der Waals surface area contributed by atoms with Crippen LogP contribution in [0.15, 0.2) is 24.4 Å². The molecule has 1 aliphatic heterocycles. The number of methoxy groups -OCH3 is 1. The Morgan fingerprint density at radius 2 is 2.29 bits per heavy atom. The topological polar surface area (TPSA) is 55.7 Å². The van der Waals surface area contributed by atoms with E-state index in [1.165, 1.54) is 6.07 Å². The molecule has 2 aromatic rings. The minimum Gasteiger partial charge on any atom is -0.385 e. The van der Waals surface area contributed by atoms with Gasteiger partial charge in [-0.05, 0) is 43.0 Å². The normalized spacial score (nSPS) is 19.9. The number of hydrogen-bond acceptors (Lipinski definition) is 4. The predicted molar refractivity (Wildman–Crippen MR) is 105 cm³/mol. The number of aromatic nitrogens is 1.